The minimum atomic E-state index is -0.488. The molecule has 2 saturated heterocycles. The number of allylic oxidation sites excluding steroid dienone is 4. The van der Waals surface area contributed by atoms with Gasteiger partial charge in [0.2, 0.25) is 0 Å². The topological polar surface area (TPSA) is 36.9 Å². The first-order valence-corrected chi connectivity index (χ1v) is 11.6. The Hall–Kier alpha value is -0.940. The molecule has 170 valence electrons. The van der Waals surface area contributed by atoms with Gasteiger partial charge in [-0.15, -0.1) is 6.58 Å². The quantitative estimate of drug-likeness (QED) is 0.348. The molecule has 0 N–H and O–H groups in total. The molecule has 2 aliphatic heterocycles. The normalized spacial score (nSPS) is 32.8. The first kappa shape index (κ1) is 23.7. The lowest BCUT2D eigenvalue weighted by Crippen LogP contribution is -2.45. The number of hydrogen-bond acceptors (Lipinski definition) is 4. The zero-order chi connectivity index (χ0) is 21.9. The Labute approximate surface area is 183 Å². The van der Waals surface area contributed by atoms with Gasteiger partial charge in [-0.25, -0.2) is 0 Å². The highest BCUT2D eigenvalue weighted by atomic mass is 16.7. The second kappa shape index (κ2) is 9.28. The van der Waals surface area contributed by atoms with Crippen LogP contribution in [0, 0.1) is 16.7 Å². The van der Waals surface area contributed by atoms with Crippen LogP contribution in [0.15, 0.2) is 37.0 Å². The van der Waals surface area contributed by atoms with E-state index in [9.17, 15) is 0 Å². The third kappa shape index (κ3) is 5.64. The summed E-state index contributed by atoms with van der Waals surface area (Å²) in [6.07, 6.45) is 13.5. The highest BCUT2D eigenvalue weighted by molar-refractivity contribution is 5.16. The van der Waals surface area contributed by atoms with Crippen molar-refractivity contribution >= 4 is 0 Å². The van der Waals surface area contributed by atoms with Crippen molar-refractivity contribution in [3.05, 3.63) is 37.0 Å². The standard InChI is InChI=1S/C26H42O4/c1-7-21(12-14-25(6)29-19-23(3,4)20-30-25)10-9-11-22-13-15-26(27-16-17-28-26)18-24(22,5)8-2/h7-8,10,22H,1-2,9,11-20H2,3-6H3/t22-,24-/m0/s1. The molecule has 3 fully saturated rings. The molecule has 3 rings (SSSR count). The van der Waals surface area contributed by atoms with Crippen LogP contribution >= 0.6 is 0 Å². The van der Waals surface area contributed by atoms with Gasteiger partial charge in [-0.1, -0.05) is 51.2 Å². The summed E-state index contributed by atoms with van der Waals surface area (Å²) in [7, 11) is 0. The SMILES string of the molecule is C=CC(=CCC[C@H]1CCC2(C[C@]1(C)C=C)OCCO2)CCC1(C)OCC(C)(C)CO1. The summed E-state index contributed by atoms with van der Waals surface area (Å²) in [5.74, 6) is -0.260. The summed E-state index contributed by atoms with van der Waals surface area (Å²) in [4.78, 5) is 0. The number of rotatable bonds is 8. The van der Waals surface area contributed by atoms with Gasteiger partial charge in [0.1, 0.15) is 0 Å². The molecule has 4 nitrogen and oxygen atoms in total. The lowest BCUT2D eigenvalue weighted by molar-refractivity contribution is -0.291. The Balaban J connectivity index is 1.50. The fraction of sp³-hybridized carbons (Fsp3) is 0.769. The van der Waals surface area contributed by atoms with Crippen molar-refractivity contribution in [2.45, 2.75) is 84.2 Å². The van der Waals surface area contributed by atoms with Crippen LogP contribution in [0.5, 0.6) is 0 Å². The maximum absolute atomic E-state index is 6.04. The van der Waals surface area contributed by atoms with E-state index in [2.05, 4.69) is 53.0 Å². The molecular weight excluding hydrogens is 376 g/mol. The Bertz CT molecular complexity index is 633. The maximum Gasteiger partial charge on any atom is 0.169 e. The average Bonchev–Trinajstić information content (AvgIpc) is 3.16. The smallest absolute Gasteiger partial charge is 0.169 e. The third-order valence-electron chi connectivity index (χ3n) is 7.32. The summed E-state index contributed by atoms with van der Waals surface area (Å²) in [6.45, 7) is 19.8. The first-order chi connectivity index (χ1) is 14.1. The molecule has 0 unspecified atom stereocenters. The summed E-state index contributed by atoms with van der Waals surface area (Å²) < 4.78 is 24.0. The lowest BCUT2D eigenvalue weighted by atomic mass is 9.64. The minimum Gasteiger partial charge on any atom is -0.350 e. The van der Waals surface area contributed by atoms with E-state index >= 15 is 0 Å². The van der Waals surface area contributed by atoms with Crippen LogP contribution in [0.2, 0.25) is 0 Å². The van der Waals surface area contributed by atoms with Gasteiger partial charge in [-0.3, -0.25) is 0 Å². The fourth-order valence-corrected chi connectivity index (χ4v) is 5.05. The molecular formula is C26H42O4. The summed E-state index contributed by atoms with van der Waals surface area (Å²) in [6, 6.07) is 0. The molecule has 0 radical (unpaired) electrons. The van der Waals surface area contributed by atoms with Crippen molar-refractivity contribution in [1.82, 2.24) is 0 Å². The molecule has 30 heavy (non-hydrogen) atoms. The highest BCUT2D eigenvalue weighted by Crippen LogP contribution is 2.51. The van der Waals surface area contributed by atoms with Crippen LogP contribution in [0.4, 0.5) is 0 Å². The van der Waals surface area contributed by atoms with Crippen LogP contribution in [-0.2, 0) is 18.9 Å². The Morgan fingerprint density at radius 1 is 1.00 bits per heavy atom. The molecule has 0 aromatic heterocycles. The van der Waals surface area contributed by atoms with Gasteiger partial charge in [0.25, 0.3) is 0 Å². The number of hydrogen-bond donors (Lipinski definition) is 0. The zero-order valence-electron chi connectivity index (χ0n) is 19.6. The second-order valence-corrected chi connectivity index (χ2v) is 10.7. The van der Waals surface area contributed by atoms with Crippen LogP contribution in [-0.4, -0.2) is 38.0 Å². The van der Waals surface area contributed by atoms with E-state index in [0.717, 1.165) is 58.2 Å². The molecule has 0 amide bonds. The van der Waals surface area contributed by atoms with Gasteiger partial charge < -0.3 is 18.9 Å². The van der Waals surface area contributed by atoms with E-state index in [1.165, 1.54) is 5.57 Å². The van der Waals surface area contributed by atoms with Crippen molar-refractivity contribution in [1.29, 1.82) is 0 Å². The highest BCUT2D eigenvalue weighted by Gasteiger charge is 2.49. The molecule has 1 aliphatic carbocycles. The van der Waals surface area contributed by atoms with E-state index in [0.29, 0.717) is 19.1 Å². The largest absolute Gasteiger partial charge is 0.350 e. The minimum absolute atomic E-state index is 0.0504. The molecule has 0 bridgehead atoms. The molecule has 2 atom stereocenters. The van der Waals surface area contributed by atoms with Crippen molar-refractivity contribution in [3.63, 3.8) is 0 Å². The van der Waals surface area contributed by atoms with Crippen LogP contribution in [0.25, 0.3) is 0 Å². The van der Waals surface area contributed by atoms with Gasteiger partial charge in [-0.05, 0) is 43.9 Å². The molecule has 2 heterocycles. The summed E-state index contributed by atoms with van der Waals surface area (Å²) in [5.41, 5.74) is 1.43. The fourth-order valence-electron chi connectivity index (χ4n) is 5.05. The van der Waals surface area contributed by atoms with Crippen LogP contribution in [0.3, 0.4) is 0 Å². The predicted octanol–water partition coefficient (Wildman–Crippen LogP) is 6.18. The van der Waals surface area contributed by atoms with Gasteiger partial charge >= 0.3 is 0 Å². The molecule has 0 aromatic rings. The average molecular weight is 419 g/mol. The Morgan fingerprint density at radius 3 is 2.27 bits per heavy atom. The van der Waals surface area contributed by atoms with Crippen molar-refractivity contribution in [2.24, 2.45) is 16.7 Å². The second-order valence-electron chi connectivity index (χ2n) is 10.7. The molecule has 1 spiro atoms. The van der Waals surface area contributed by atoms with Crippen molar-refractivity contribution in [2.75, 3.05) is 26.4 Å². The van der Waals surface area contributed by atoms with Crippen LogP contribution < -0.4 is 0 Å². The maximum atomic E-state index is 6.04. The van der Waals surface area contributed by atoms with Gasteiger partial charge in [0, 0.05) is 24.7 Å². The summed E-state index contributed by atoms with van der Waals surface area (Å²) >= 11 is 0. The predicted molar refractivity (Wildman–Crippen MR) is 121 cm³/mol. The van der Waals surface area contributed by atoms with E-state index < -0.39 is 5.79 Å². The molecule has 3 aliphatic rings. The molecule has 0 aromatic carbocycles. The van der Waals surface area contributed by atoms with Crippen molar-refractivity contribution < 1.29 is 18.9 Å². The lowest BCUT2D eigenvalue weighted by Gasteiger charge is -2.47. The molecule has 4 heteroatoms. The summed E-state index contributed by atoms with van der Waals surface area (Å²) in [5, 5.41) is 0. The van der Waals surface area contributed by atoms with E-state index in [-0.39, 0.29) is 16.6 Å². The van der Waals surface area contributed by atoms with Gasteiger partial charge in [-0.2, -0.15) is 0 Å². The van der Waals surface area contributed by atoms with Crippen molar-refractivity contribution in [3.8, 4) is 0 Å². The van der Waals surface area contributed by atoms with E-state index in [1.54, 1.807) is 0 Å². The first-order valence-electron chi connectivity index (χ1n) is 11.6. The van der Waals surface area contributed by atoms with Crippen LogP contribution in [0.1, 0.15) is 72.6 Å². The van der Waals surface area contributed by atoms with Gasteiger partial charge in [0.05, 0.1) is 26.4 Å². The monoisotopic (exact) mass is 418 g/mol. The Kier molecular flexibility index (Phi) is 7.33. The third-order valence-corrected chi connectivity index (χ3v) is 7.32. The molecule has 1 saturated carbocycles. The zero-order valence-corrected chi connectivity index (χ0v) is 19.6. The van der Waals surface area contributed by atoms with E-state index in [4.69, 9.17) is 18.9 Å². The number of ether oxygens (including phenoxy) is 4. The Morgan fingerprint density at radius 2 is 1.67 bits per heavy atom. The van der Waals surface area contributed by atoms with Gasteiger partial charge in [0.15, 0.2) is 11.6 Å². The van der Waals surface area contributed by atoms with E-state index in [1.807, 2.05) is 6.08 Å².